The van der Waals surface area contributed by atoms with Crippen molar-refractivity contribution in [3.63, 3.8) is 0 Å². The van der Waals surface area contributed by atoms with Gasteiger partial charge in [-0.3, -0.25) is 9.78 Å². The number of nitrogens with one attached hydrogen (secondary N) is 1. The molecular formula is C12H18N2O. The fourth-order valence-electron chi connectivity index (χ4n) is 1.40. The zero-order chi connectivity index (χ0) is 11.3. The number of pyridine rings is 1. The van der Waals surface area contributed by atoms with Gasteiger partial charge in [-0.1, -0.05) is 19.9 Å². The zero-order valence-corrected chi connectivity index (χ0v) is 9.58. The van der Waals surface area contributed by atoms with Gasteiger partial charge >= 0.3 is 0 Å². The molecule has 0 atom stereocenters. The third-order valence-corrected chi connectivity index (χ3v) is 2.04. The number of carbonyl (C=O) groups is 1. The molecule has 0 fully saturated rings. The first-order chi connectivity index (χ1) is 7.13. The standard InChI is InChI=1S/C12H18N2O/c1-4-13-12(15)11-6-5-10(8-14-11)7-9(2)3/h5-6,8-9H,4,7H2,1-3H3,(H,13,15). The van der Waals surface area contributed by atoms with E-state index in [2.05, 4.69) is 24.1 Å². The predicted molar refractivity (Wildman–Crippen MR) is 60.8 cm³/mol. The summed E-state index contributed by atoms with van der Waals surface area (Å²) in [5.74, 6) is 0.510. The monoisotopic (exact) mass is 206 g/mol. The molecule has 0 aliphatic rings. The van der Waals surface area contributed by atoms with Gasteiger partial charge in [-0.25, -0.2) is 0 Å². The highest BCUT2D eigenvalue weighted by molar-refractivity contribution is 5.92. The quantitative estimate of drug-likeness (QED) is 0.819. The Balaban J connectivity index is 2.67. The van der Waals surface area contributed by atoms with Crippen LogP contribution in [-0.2, 0) is 6.42 Å². The molecule has 1 rings (SSSR count). The molecule has 0 saturated carbocycles. The fraction of sp³-hybridized carbons (Fsp3) is 0.500. The summed E-state index contributed by atoms with van der Waals surface area (Å²) in [5, 5.41) is 2.72. The summed E-state index contributed by atoms with van der Waals surface area (Å²) in [6, 6.07) is 3.75. The van der Waals surface area contributed by atoms with Crippen LogP contribution in [0.2, 0.25) is 0 Å². The van der Waals surface area contributed by atoms with Crippen LogP contribution in [0.15, 0.2) is 18.3 Å². The molecule has 1 heterocycles. The van der Waals surface area contributed by atoms with E-state index in [1.165, 1.54) is 5.56 Å². The molecule has 0 unspecified atom stereocenters. The van der Waals surface area contributed by atoms with Gasteiger partial charge in [0.05, 0.1) is 0 Å². The number of amides is 1. The molecule has 0 bridgehead atoms. The number of aromatic nitrogens is 1. The van der Waals surface area contributed by atoms with Crippen molar-refractivity contribution >= 4 is 5.91 Å². The van der Waals surface area contributed by atoms with Crippen molar-refractivity contribution in [1.29, 1.82) is 0 Å². The van der Waals surface area contributed by atoms with E-state index >= 15 is 0 Å². The fourth-order valence-corrected chi connectivity index (χ4v) is 1.40. The number of nitrogens with zero attached hydrogens (tertiary/aromatic N) is 1. The lowest BCUT2D eigenvalue weighted by molar-refractivity contribution is 0.0951. The molecule has 0 aromatic carbocycles. The van der Waals surface area contributed by atoms with Gasteiger partial charge in [-0.05, 0) is 30.9 Å². The Labute approximate surface area is 90.9 Å². The molecule has 0 aliphatic carbocycles. The molecule has 1 amide bonds. The lowest BCUT2D eigenvalue weighted by Gasteiger charge is -2.05. The van der Waals surface area contributed by atoms with E-state index < -0.39 is 0 Å². The van der Waals surface area contributed by atoms with Crippen LogP contribution < -0.4 is 5.32 Å². The average molecular weight is 206 g/mol. The third-order valence-electron chi connectivity index (χ3n) is 2.04. The lowest BCUT2D eigenvalue weighted by atomic mass is 10.0. The summed E-state index contributed by atoms with van der Waals surface area (Å²) in [4.78, 5) is 15.5. The van der Waals surface area contributed by atoms with Crippen molar-refractivity contribution in [2.24, 2.45) is 5.92 Å². The second-order valence-corrected chi connectivity index (χ2v) is 4.01. The highest BCUT2D eigenvalue weighted by atomic mass is 16.1. The minimum absolute atomic E-state index is 0.103. The molecule has 1 aromatic heterocycles. The molecule has 1 N–H and O–H groups in total. The van der Waals surface area contributed by atoms with E-state index in [1.807, 2.05) is 13.0 Å². The van der Waals surface area contributed by atoms with Crippen molar-refractivity contribution in [2.75, 3.05) is 6.54 Å². The molecule has 0 saturated heterocycles. The van der Waals surface area contributed by atoms with Crippen molar-refractivity contribution in [1.82, 2.24) is 10.3 Å². The smallest absolute Gasteiger partial charge is 0.269 e. The van der Waals surface area contributed by atoms with Crippen LogP contribution in [0.4, 0.5) is 0 Å². The van der Waals surface area contributed by atoms with Crippen LogP contribution in [0.3, 0.4) is 0 Å². The summed E-state index contributed by atoms with van der Waals surface area (Å²) in [6.07, 6.45) is 2.78. The molecule has 3 nitrogen and oxygen atoms in total. The predicted octanol–water partition coefficient (Wildman–Crippen LogP) is 2.03. The molecule has 0 spiro atoms. The summed E-state index contributed by atoms with van der Waals surface area (Å²) in [6.45, 7) is 6.86. The van der Waals surface area contributed by atoms with Crippen LogP contribution >= 0.6 is 0 Å². The number of carbonyl (C=O) groups excluding carboxylic acids is 1. The van der Waals surface area contributed by atoms with Crippen molar-refractivity contribution in [3.8, 4) is 0 Å². The van der Waals surface area contributed by atoms with Crippen molar-refractivity contribution in [3.05, 3.63) is 29.6 Å². The van der Waals surface area contributed by atoms with E-state index in [-0.39, 0.29) is 5.91 Å². The molecule has 1 aromatic rings. The van der Waals surface area contributed by atoms with Crippen molar-refractivity contribution in [2.45, 2.75) is 27.2 Å². The second-order valence-electron chi connectivity index (χ2n) is 4.01. The molecule has 0 aliphatic heterocycles. The first-order valence-corrected chi connectivity index (χ1v) is 5.36. The summed E-state index contributed by atoms with van der Waals surface area (Å²) >= 11 is 0. The summed E-state index contributed by atoms with van der Waals surface area (Å²) < 4.78 is 0. The van der Waals surface area contributed by atoms with Gasteiger partial charge in [0.2, 0.25) is 0 Å². The van der Waals surface area contributed by atoms with Crippen LogP contribution in [0.1, 0.15) is 36.8 Å². The summed E-state index contributed by atoms with van der Waals surface area (Å²) in [7, 11) is 0. The van der Waals surface area contributed by atoms with E-state index in [4.69, 9.17) is 0 Å². The normalized spacial score (nSPS) is 10.4. The van der Waals surface area contributed by atoms with Gasteiger partial charge in [0, 0.05) is 12.7 Å². The van der Waals surface area contributed by atoms with Crippen LogP contribution in [0.25, 0.3) is 0 Å². The molecule has 15 heavy (non-hydrogen) atoms. The van der Waals surface area contributed by atoms with Gasteiger partial charge < -0.3 is 5.32 Å². The van der Waals surface area contributed by atoms with Crippen LogP contribution in [0, 0.1) is 5.92 Å². The summed E-state index contributed by atoms with van der Waals surface area (Å²) in [5.41, 5.74) is 1.67. The number of rotatable bonds is 4. The maximum absolute atomic E-state index is 11.4. The van der Waals surface area contributed by atoms with E-state index in [1.54, 1.807) is 12.3 Å². The Morgan fingerprint density at radius 2 is 2.20 bits per heavy atom. The van der Waals surface area contributed by atoms with Crippen molar-refractivity contribution < 1.29 is 4.79 Å². The largest absolute Gasteiger partial charge is 0.351 e. The van der Waals surface area contributed by atoms with Crippen LogP contribution in [0.5, 0.6) is 0 Å². The Morgan fingerprint density at radius 1 is 1.47 bits per heavy atom. The zero-order valence-electron chi connectivity index (χ0n) is 9.58. The minimum atomic E-state index is -0.103. The first kappa shape index (κ1) is 11.7. The molecule has 0 radical (unpaired) electrons. The van der Waals surface area contributed by atoms with Gasteiger partial charge in [0.1, 0.15) is 5.69 Å². The van der Waals surface area contributed by atoms with E-state index in [0.29, 0.717) is 18.2 Å². The van der Waals surface area contributed by atoms with Crippen LogP contribution in [-0.4, -0.2) is 17.4 Å². The van der Waals surface area contributed by atoms with Gasteiger partial charge in [0.25, 0.3) is 5.91 Å². The second kappa shape index (κ2) is 5.49. The highest BCUT2D eigenvalue weighted by Gasteiger charge is 2.05. The Bertz CT molecular complexity index is 317. The van der Waals surface area contributed by atoms with Gasteiger partial charge in [0.15, 0.2) is 0 Å². The lowest BCUT2D eigenvalue weighted by Crippen LogP contribution is -2.23. The first-order valence-electron chi connectivity index (χ1n) is 5.36. The molecule has 3 heteroatoms. The molecular weight excluding hydrogens is 188 g/mol. The maximum atomic E-state index is 11.4. The minimum Gasteiger partial charge on any atom is -0.351 e. The Kier molecular flexibility index (Phi) is 4.28. The number of hydrogen-bond acceptors (Lipinski definition) is 2. The Hall–Kier alpha value is -1.38. The van der Waals surface area contributed by atoms with E-state index in [9.17, 15) is 4.79 Å². The average Bonchev–Trinajstić information content (AvgIpc) is 2.18. The SMILES string of the molecule is CCNC(=O)c1ccc(CC(C)C)cn1. The number of hydrogen-bond donors (Lipinski definition) is 1. The molecule has 82 valence electrons. The Morgan fingerprint density at radius 3 is 2.67 bits per heavy atom. The highest BCUT2D eigenvalue weighted by Crippen LogP contribution is 2.07. The topological polar surface area (TPSA) is 42.0 Å². The van der Waals surface area contributed by atoms with Gasteiger partial charge in [-0.15, -0.1) is 0 Å². The van der Waals surface area contributed by atoms with Gasteiger partial charge in [-0.2, -0.15) is 0 Å². The third kappa shape index (κ3) is 3.70. The van der Waals surface area contributed by atoms with E-state index in [0.717, 1.165) is 6.42 Å². The maximum Gasteiger partial charge on any atom is 0.269 e.